The minimum atomic E-state index is -1.06. The second-order valence-corrected chi connectivity index (χ2v) is 6.96. The van der Waals surface area contributed by atoms with Gasteiger partial charge in [-0.1, -0.05) is 17.7 Å². The molecule has 0 spiro atoms. The molecule has 1 N–H and O–H groups in total. The summed E-state index contributed by atoms with van der Waals surface area (Å²) in [6.45, 7) is 3.10. The molecular weight excluding hydrogens is 379 g/mol. The molecule has 1 aromatic carbocycles. The molecule has 0 saturated carbocycles. The van der Waals surface area contributed by atoms with Gasteiger partial charge in [-0.3, -0.25) is 4.79 Å². The smallest absolute Gasteiger partial charge is 0.349 e. The van der Waals surface area contributed by atoms with Crippen molar-refractivity contribution >= 4 is 50.6 Å². The number of ether oxygens (including phenoxy) is 1. The van der Waals surface area contributed by atoms with Crippen molar-refractivity contribution in [2.75, 3.05) is 5.32 Å². The predicted octanol–water partition coefficient (Wildman–Crippen LogP) is 4.58. The number of aromatic nitrogens is 1. The molecule has 0 saturated heterocycles. The van der Waals surface area contributed by atoms with E-state index >= 15 is 0 Å². The summed E-state index contributed by atoms with van der Waals surface area (Å²) in [6.07, 6.45) is 0.429. The highest BCUT2D eigenvalue weighted by Crippen LogP contribution is 2.33. The van der Waals surface area contributed by atoms with Crippen molar-refractivity contribution in [3.63, 3.8) is 0 Å². The Morgan fingerprint density at radius 1 is 1.31 bits per heavy atom. The van der Waals surface area contributed by atoms with Crippen molar-refractivity contribution in [1.82, 2.24) is 4.98 Å². The Balaban J connectivity index is 1.75. The Hall–Kier alpha value is -2.51. The van der Waals surface area contributed by atoms with E-state index < -0.39 is 23.8 Å². The highest BCUT2D eigenvalue weighted by atomic mass is 35.5. The van der Waals surface area contributed by atoms with E-state index in [-0.39, 0.29) is 10.0 Å². The van der Waals surface area contributed by atoms with Crippen molar-refractivity contribution < 1.29 is 18.7 Å². The number of nitrogens with one attached hydrogen (secondary N) is 1. The molecule has 2 aromatic heterocycles. The van der Waals surface area contributed by atoms with Gasteiger partial charge in [0.1, 0.15) is 10.7 Å². The first-order chi connectivity index (χ1) is 12.4. The third-order valence-corrected chi connectivity index (χ3v) is 5.30. The van der Waals surface area contributed by atoms with E-state index in [0.717, 1.165) is 11.3 Å². The topological polar surface area (TPSA) is 68.3 Å². The first-order valence-electron chi connectivity index (χ1n) is 7.68. The normalized spacial score (nSPS) is 12.0. The number of aryl methyl sites for hydroxylation is 1. The number of carbonyl (C=O) groups is 2. The summed E-state index contributed by atoms with van der Waals surface area (Å²) in [5.41, 5.74) is 0.818. The molecule has 0 radical (unpaired) electrons. The number of amides is 1. The first kappa shape index (κ1) is 18.3. The molecule has 0 aliphatic heterocycles. The fourth-order valence-electron chi connectivity index (χ4n) is 2.43. The van der Waals surface area contributed by atoms with Crippen LogP contribution < -0.4 is 5.32 Å². The van der Waals surface area contributed by atoms with Crippen molar-refractivity contribution in [2.45, 2.75) is 20.0 Å². The summed E-state index contributed by atoms with van der Waals surface area (Å²) in [4.78, 5) is 28.8. The van der Waals surface area contributed by atoms with Gasteiger partial charge in [-0.15, -0.1) is 11.3 Å². The van der Waals surface area contributed by atoms with E-state index in [4.69, 9.17) is 16.3 Å². The molecule has 0 fully saturated rings. The van der Waals surface area contributed by atoms with E-state index in [1.165, 1.54) is 19.2 Å². The lowest BCUT2D eigenvalue weighted by molar-refractivity contribution is -0.123. The molecule has 1 amide bonds. The number of esters is 1. The Labute approximate surface area is 157 Å². The lowest BCUT2D eigenvalue weighted by Crippen LogP contribution is -2.30. The van der Waals surface area contributed by atoms with E-state index in [0.29, 0.717) is 21.3 Å². The highest BCUT2D eigenvalue weighted by Gasteiger charge is 2.24. The molecule has 2 heterocycles. The average Bonchev–Trinajstić information content (AvgIpc) is 2.95. The number of pyridine rings is 1. The van der Waals surface area contributed by atoms with Crippen LogP contribution in [0.25, 0.3) is 10.1 Å². The van der Waals surface area contributed by atoms with Crippen molar-refractivity contribution in [3.8, 4) is 0 Å². The third-order valence-electron chi connectivity index (χ3n) is 3.76. The lowest BCUT2D eigenvalue weighted by atomic mass is 10.1. The van der Waals surface area contributed by atoms with Gasteiger partial charge in [0, 0.05) is 16.3 Å². The van der Waals surface area contributed by atoms with Gasteiger partial charge in [0.2, 0.25) is 0 Å². The highest BCUT2D eigenvalue weighted by molar-refractivity contribution is 7.21. The second-order valence-electron chi connectivity index (χ2n) is 5.55. The van der Waals surface area contributed by atoms with Gasteiger partial charge in [-0.25, -0.2) is 14.2 Å². The van der Waals surface area contributed by atoms with E-state index in [1.54, 1.807) is 31.2 Å². The largest absolute Gasteiger partial charge is 0.448 e. The summed E-state index contributed by atoms with van der Waals surface area (Å²) < 4.78 is 19.8. The van der Waals surface area contributed by atoms with Crippen molar-refractivity contribution in [2.24, 2.45) is 0 Å². The maximum absolute atomic E-state index is 14.0. The zero-order valence-electron chi connectivity index (χ0n) is 13.9. The second kappa shape index (κ2) is 7.39. The van der Waals surface area contributed by atoms with Crippen LogP contribution in [0.5, 0.6) is 0 Å². The van der Waals surface area contributed by atoms with Gasteiger partial charge in [-0.05, 0) is 43.7 Å². The summed E-state index contributed by atoms with van der Waals surface area (Å²) in [5, 5.41) is 3.08. The maximum Gasteiger partial charge on any atom is 0.349 e. The van der Waals surface area contributed by atoms with Gasteiger partial charge in [0.25, 0.3) is 5.91 Å². The quantitative estimate of drug-likeness (QED) is 0.521. The van der Waals surface area contributed by atoms with Gasteiger partial charge in [0.05, 0.1) is 5.69 Å². The Bertz CT molecular complexity index is 1010. The van der Waals surface area contributed by atoms with E-state index in [2.05, 4.69) is 10.3 Å². The SMILES string of the molecule is Cc1c(C(=O)OC(C)C(=O)Nc2cccnc2Cl)sc2cccc(F)c12. The van der Waals surface area contributed by atoms with E-state index in [9.17, 15) is 14.0 Å². The summed E-state index contributed by atoms with van der Waals surface area (Å²) in [6, 6.07) is 7.85. The van der Waals surface area contributed by atoms with Crippen LogP contribution in [0.15, 0.2) is 36.5 Å². The van der Waals surface area contributed by atoms with Crippen LogP contribution >= 0.6 is 22.9 Å². The monoisotopic (exact) mass is 392 g/mol. The molecule has 0 bridgehead atoms. The number of hydrogen-bond donors (Lipinski definition) is 1. The maximum atomic E-state index is 14.0. The van der Waals surface area contributed by atoms with Crippen LogP contribution in [0.3, 0.4) is 0 Å². The summed E-state index contributed by atoms with van der Waals surface area (Å²) in [7, 11) is 0. The molecule has 3 aromatic rings. The molecular formula is C18H14ClFN2O3S. The number of rotatable bonds is 4. The minimum Gasteiger partial charge on any atom is -0.448 e. The first-order valence-corrected chi connectivity index (χ1v) is 8.88. The number of hydrogen-bond acceptors (Lipinski definition) is 5. The van der Waals surface area contributed by atoms with Crippen LogP contribution in [0.1, 0.15) is 22.2 Å². The van der Waals surface area contributed by atoms with Crippen molar-refractivity contribution in [1.29, 1.82) is 0 Å². The molecule has 1 atom stereocenters. The van der Waals surface area contributed by atoms with Crippen LogP contribution in [0.2, 0.25) is 5.15 Å². The van der Waals surface area contributed by atoms with Crippen LogP contribution in [0.4, 0.5) is 10.1 Å². The third kappa shape index (κ3) is 3.54. The molecule has 26 heavy (non-hydrogen) atoms. The lowest BCUT2D eigenvalue weighted by Gasteiger charge is -2.13. The van der Waals surface area contributed by atoms with Crippen LogP contribution in [-0.2, 0) is 9.53 Å². The predicted molar refractivity (Wildman–Crippen MR) is 99.3 cm³/mol. The van der Waals surface area contributed by atoms with Gasteiger partial charge >= 0.3 is 5.97 Å². The zero-order valence-corrected chi connectivity index (χ0v) is 15.5. The number of anilines is 1. The van der Waals surface area contributed by atoms with Gasteiger partial charge in [0.15, 0.2) is 11.3 Å². The fraction of sp³-hybridized carbons (Fsp3) is 0.167. The molecule has 1 unspecified atom stereocenters. The standard InChI is InChI=1S/C18H14ClFN2O3S/c1-9-14-11(20)5-3-7-13(14)26-15(9)18(24)25-10(2)17(23)22-12-6-4-8-21-16(12)19/h3-8,10H,1-2H3,(H,22,23). The average molecular weight is 393 g/mol. The van der Waals surface area contributed by atoms with E-state index in [1.807, 2.05) is 0 Å². The summed E-state index contributed by atoms with van der Waals surface area (Å²) >= 11 is 7.02. The van der Waals surface area contributed by atoms with Crippen LogP contribution in [-0.4, -0.2) is 23.0 Å². The van der Waals surface area contributed by atoms with Gasteiger partial charge in [-0.2, -0.15) is 0 Å². The number of carbonyl (C=O) groups excluding carboxylic acids is 2. The number of halogens is 2. The Morgan fingerprint density at radius 2 is 2.08 bits per heavy atom. The van der Waals surface area contributed by atoms with Crippen LogP contribution in [0, 0.1) is 12.7 Å². The molecule has 8 heteroatoms. The summed E-state index contributed by atoms with van der Waals surface area (Å²) in [5.74, 6) is -1.62. The minimum absolute atomic E-state index is 0.134. The Morgan fingerprint density at radius 3 is 2.77 bits per heavy atom. The molecule has 5 nitrogen and oxygen atoms in total. The molecule has 134 valence electrons. The number of nitrogens with zero attached hydrogens (tertiary/aromatic N) is 1. The number of thiophene rings is 1. The molecule has 0 aliphatic carbocycles. The molecule has 0 aliphatic rings. The molecule has 3 rings (SSSR count). The Kier molecular flexibility index (Phi) is 5.20. The number of benzene rings is 1. The number of fused-ring (bicyclic) bond motifs is 1. The van der Waals surface area contributed by atoms with Crippen molar-refractivity contribution in [3.05, 3.63) is 57.9 Å². The fourth-order valence-corrected chi connectivity index (χ4v) is 3.70. The zero-order chi connectivity index (χ0) is 18.8. The van der Waals surface area contributed by atoms with Gasteiger partial charge < -0.3 is 10.1 Å².